The minimum atomic E-state index is -5.27. The highest BCUT2D eigenvalue weighted by Gasteiger charge is 2.56. The molecule has 2 amide bonds. The number of anilines is 2. The lowest BCUT2D eigenvalue weighted by molar-refractivity contribution is -0.231. The number of tetrazole rings is 1. The maximum Gasteiger partial charge on any atom is 0.429 e. The maximum atomic E-state index is 14.3. The average Bonchev–Trinajstić information content (AvgIpc) is 3.42. The summed E-state index contributed by atoms with van der Waals surface area (Å²) in [5, 5.41) is 20.3. The van der Waals surface area contributed by atoms with Gasteiger partial charge < -0.3 is 16.4 Å². The Hall–Kier alpha value is -4.60. The molecule has 1 saturated carbocycles. The highest BCUT2D eigenvalue weighted by atomic mass is 35.5. The number of nitrogens with zero attached hydrogens (tertiary/aromatic N) is 7. The molecule has 220 valence electrons. The number of pyridine rings is 1. The smallest absolute Gasteiger partial charge is 0.399 e. The summed E-state index contributed by atoms with van der Waals surface area (Å²) in [6.45, 7) is 1.58. The molecule has 0 aliphatic heterocycles. The first-order chi connectivity index (χ1) is 19.7. The van der Waals surface area contributed by atoms with Crippen LogP contribution in [0.3, 0.4) is 0 Å². The van der Waals surface area contributed by atoms with E-state index in [0.29, 0.717) is 16.0 Å². The van der Waals surface area contributed by atoms with Crippen molar-refractivity contribution in [2.24, 2.45) is 0 Å². The number of nitrogens with two attached hydrogens (primary N) is 1. The number of hydrogen-bond donors (Lipinski definition) is 3. The number of alkyl halides is 4. The molecule has 4 N–H and O–H groups in total. The Morgan fingerprint density at radius 2 is 1.88 bits per heavy atom. The number of halogens is 5. The van der Waals surface area contributed by atoms with Crippen molar-refractivity contribution in [3.63, 3.8) is 0 Å². The molecule has 3 aromatic heterocycles. The van der Waals surface area contributed by atoms with Crippen LogP contribution < -0.4 is 16.4 Å². The molecule has 42 heavy (non-hydrogen) atoms. The van der Waals surface area contributed by atoms with Crippen molar-refractivity contribution in [3.05, 3.63) is 69.9 Å². The van der Waals surface area contributed by atoms with Gasteiger partial charge in [-0.15, -0.1) is 10.2 Å². The fraction of sp³-hybridized carbons (Fsp3) is 0.320. The zero-order valence-corrected chi connectivity index (χ0v) is 22.8. The highest BCUT2D eigenvalue weighted by Crippen LogP contribution is 2.40. The standard InChI is InChI=1S/C25H23ClF4N10O2/c1-12-8-13(31)9-16(21(41)33-14-5-6-14)19(12)34-22(42)18-10-15(36-40(18)20-17(26)4-3-7-32-20)11-39-37-23(35-38-39)24(2,27)25(28,29)30/h3-4,7-10,14H,5-6,11,31H2,1-2H3,(H,33,41)(H,34,42). The first-order valence-corrected chi connectivity index (χ1v) is 12.9. The topological polar surface area (TPSA) is 159 Å². The molecule has 0 spiro atoms. The molecule has 12 nitrogen and oxygen atoms in total. The zero-order chi connectivity index (χ0) is 30.4. The number of aryl methyl sites for hydroxylation is 1. The van der Waals surface area contributed by atoms with Crippen molar-refractivity contribution in [2.75, 3.05) is 11.1 Å². The van der Waals surface area contributed by atoms with Gasteiger partial charge in [0.1, 0.15) is 12.2 Å². The van der Waals surface area contributed by atoms with Gasteiger partial charge in [0.05, 0.1) is 22.0 Å². The van der Waals surface area contributed by atoms with Crippen LogP contribution in [0.4, 0.5) is 28.9 Å². The SMILES string of the molecule is Cc1cc(N)cc(C(=O)NC2CC2)c1NC(=O)c1cc(Cn2nnc(C(C)(F)C(F)(F)F)n2)nn1-c1ncccc1Cl. The van der Waals surface area contributed by atoms with Crippen LogP contribution in [0.5, 0.6) is 0 Å². The number of hydrogen-bond acceptors (Lipinski definition) is 8. The Bertz CT molecular complexity index is 1680. The van der Waals surface area contributed by atoms with Crippen LogP contribution in [-0.4, -0.2) is 59.0 Å². The third kappa shape index (κ3) is 5.74. The summed E-state index contributed by atoms with van der Waals surface area (Å²) in [5.74, 6) is -2.24. The molecular formula is C25H23ClF4N10O2. The van der Waals surface area contributed by atoms with Crippen molar-refractivity contribution in [3.8, 4) is 5.82 Å². The van der Waals surface area contributed by atoms with Gasteiger partial charge in [0.15, 0.2) is 5.82 Å². The van der Waals surface area contributed by atoms with Crippen molar-refractivity contribution < 1.29 is 27.2 Å². The second-order valence-corrected chi connectivity index (χ2v) is 10.3. The summed E-state index contributed by atoms with van der Waals surface area (Å²) in [6, 6.07) is 7.48. The lowest BCUT2D eigenvalue weighted by Crippen LogP contribution is -2.36. The molecule has 0 saturated heterocycles. The fourth-order valence-corrected chi connectivity index (χ4v) is 4.16. The van der Waals surface area contributed by atoms with E-state index >= 15 is 0 Å². The van der Waals surface area contributed by atoms with Crippen LogP contribution in [-0.2, 0) is 12.2 Å². The monoisotopic (exact) mass is 606 g/mol. The normalized spacial score (nSPS) is 14.8. The van der Waals surface area contributed by atoms with Gasteiger partial charge in [-0.3, -0.25) is 9.59 Å². The molecular weight excluding hydrogens is 584 g/mol. The Kier molecular flexibility index (Phi) is 7.34. The van der Waals surface area contributed by atoms with Crippen LogP contribution in [0.1, 0.15) is 57.7 Å². The quantitative estimate of drug-likeness (QED) is 0.202. The second-order valence-electron chi connectivity index (χ2n) is 9.85. The third-order valence-electron chi connectivity index (χ3n) is 6.39. The maximum absolute atomic E-state index is 14.3. The Balaban J connectivity index is 1.50. The first-order valence-electron chi connectivity index (χ1n) is 12.5. The molecule has 5 rings (SSSR count). The summed E-state index contributed by atoms with van der Waals surface area (Å²) in [4.78, 5) is 31.5. The number of nitrogens with one attached hydrogen (secondary N) is 2. The van der Waals surface area contributed by atoms with Crippen molar-refractivity contribution in [1.82, 2.24) is 40.3 Å². The summed E-state index contributed by atoms with van der Waals surface area (Å²) < 4.78 is 54.7. The van der Waals surface area contributed by atoms with E-state index in [-0.39, 0.29) is 53.0 Å². The molecule has 1 unspecified atom stereocenters. The fourth-order valence-electron chi connectivity index (χ4n) is 3.96. The Labute approximate surface area is 240 Å². The van der Waals surface area contributed by atoms with Gasteiger partial charge in [-0.2, -0.15) is 23.1 Å². The molecule has 17 heteroatoms. The number of carbonyl (C=O) groups is 2. The van der Waals surface area contributed by atoms with Crippen LogP contribution in [0.25, 0.3) is 5.82 Å². The van der Waals surface area contributed by atoms with E-state index in [9.17, 15) is 27.2 Å². The Morgan fingerprint density at radius 3 is 2.55 bits per heavy atom. The number of carbonyl (C=O) groups excluding carboxylic acids is 2. The number of benzene rings is 1. The van der Waals surface area contributed by atoms with E-state index in [0.717, 1.165) is 17.5 Å². The molecule has 1 atom stereocenters. The number of nitrogen functional groups attached to an aromatic ring is 1. The van der Waals surface area contributed by atoms with E-state index in [1.165, 1.54) is 24.4 Å². The van der Waals surface area contributed by atoms with E-state index in [1.807, 2.05) is 0 Å². The van der Waals surface area contributed by atoms with Gasteiger partial charge in [-0.1, -0.05) is 11.6 Å². The van der Waals surface area contributed by atoms with E-state index in [4.69, 9.17) is 17.3 Å². The lowest BCUT2D eigenvalue weighted by Gasteiger charge is -2.19. The largest absolute Gasteiger partial charge is 0.429 e. The van der Waals surface area contributed by atoms with Crippen molar-refractivity contribution >= 4 is 34.8 Å². The molecule has 0 bridgehead atoms. The minimum absolute atomic E-state index is 0.0513. The van der Waals surface area contributed by atoms with Crippen molar-refractivity contribution in [1.29, 1.82) is 0 Å². The zero-order valence-electron chi connectivity index (χ0n) is 22.1. The van der Waals surface area contributed by atoms with Crippen molar-refractivity contribution in [2.45, 2.75) is 51.1 Å². The minimum Gasteiger partial charge on any atom is -0.399 e. The summed E-state index contributed by atoms with van der Waals surface area (Å²) in [5.41, 5.74) is 3.34. The predicted molar refractivity (Wildman–Crippen MR) is 142 cm³/mol. The molecule has 1 aliphatic rings. The molecule has 0 radical (unpaired) electrons. The molecule has 1 aromatic carbocycles. The van der Waals surface area contributed by atoms with Gasteiger partial charge in [0.25, 0.3) is 17.5 Å². The predicted octanol–water partition coefficient (Wildman–Crippen LogP) is 3.74. The highest BCUT2D eigenvalue weighted by molar-refractivity contribution is 6.32. The lowest BCUT2D eigenvalue weighted by atomic mass is 10.1. The van der Waals surface area contributed by atoms with Crippen LogP contribution in [0.2, 0.25) is 5.02 Å². The van der Waals surface area contributed by atoms with Gasteiger partial charge >= 0.3 is 6.18 Å². The third-order valence-corrected chi connectivity index (χ3v) is 6.69. The summed E-state index contributed by atoms with van der Waals surface area (Å²) in [7, 11) is 0. The van der Waals surface area contributed by atoms with Crippen LogP contribution in [0.15, 0.2) is 36.5 Å². The van der Waals surface area contributed by atoms with Gasteiger partial charge in [-0.25, -0.2) is 14.1 Å². The number of rotatable bonds is 8. The average molecular weight is 607 g/mol. The molecule has 3 heterocycles. The van der Waals surface area contributed by atoms with Gasteiger partial charge in [0, 0.05) is 17.9 Å². The molecule has 1 aliphatic carbocycles. The number of amides is 2. The Morgan fingerprint density at radius 1 is 1.14 bits per heavy atom. The summed E-state index contributed by atoms with van der Waals surface area (Å²) in [6.07, 6.45) is -2.15. The first kappa shape index (κ1) is 28.9. The van der Waals surface area contributed by atoms with E-state index in [2.05, 4.69) is 36.1 Å². The van der Waals surface area contributed by atoms with E-state index < -0.39 is 29.5 Å². The van der Waals surface area contributed by atoms with E-state index in [1.54, 1.807) is 19.1 Å². The van der Waals surface area contributed by atoms with Crippen LogP contribution in [0, 0.1) is 6.92 Å². The number of aromatic nitrogens is 7. The summed E-state index contributed by atoms with van der Waals surface area (Å²) >= 11 is 6.32. The van der Waals surface area contributed by atoms with Gasteiger partial charge in [-0.05, 0) is 67.8 Å². The van der Waals surface area contributed by atoms with Crippen LogP contribution >= 0.6 is 11.6 Å². The van der Waals surface area contributed by atoms with Gasteiger partial charge in [0.2, 0.25) is 5.82 Å². The second kappa shape index (κ2) is 10.7. The molecule has 1 fully saturated rings. The molecule has 4 aromatic rings.